The Hall–Kier alpha value is -2.15. The fraction of sp³-hybridized carbons (Fsp3) is 0.611. The SMILES string of the molecule is COc1cc(N2Cc3ccnn3[C@H](CCN3CCCCC3)C2)ncn1. The molecule has 4 rings (SSSR count). The summed E-state index contributed by atoms with van der Waals surface area (Å²) in [7, 11) is 1.64. The van der Waals surface area contributed by atoms with Crippen LogP contribution in [-0.2, 0) is 6.54 Å². The highest BCUT2D eigenvalue weighted by Crippen LogP contribution is 2.28. The van der Waals surface area contributed by atoms with Gasteiger partial charge >= 0.3 is 0 Å². The van der Waals surface area contributed by atoms with Crippen molar-refractivity contribution in [1.29, 1.82) is 0 Å². The van der Waals surface area contributed by atoms with E-state index in [-0.39, 0.29) is 0 Å². The fourth-order valence-electron chi connectivity index (χ4n) is 3.90. The van der Waals surface area contributed by atoms with Gasteiger partial charge in [-0.1, -0.05) is 6.42 Å². The van der Waals surface area contributed by atoms with E-state index in [1.165, 1.54) is 38.0 Å². The fourth-order valence-corrected chi connectivity index (χ4v) is 3.90. The highest BCUT2D eigenvalue weighted by molar-refractivity contribution is 5.42. The van der Waals surface area contributed by atoms with Gasteiger partial charge in [0.05, 0.1) is 25.4 Å². The first kappa shape index (κ1) is 16.3. The molecular weight excluding hydrogens is 316 g/mol. The average Bonchev–Trinajstić information content (AvgIpc) is 3.15. The van der Waals surface area contributed by atoms with E-state index >= 15 is 0 Å². The monoisotopic (exact) mass is 342 g/mol. The van der Waals surface area contributed by atoms with Crippen LogP contribution in [0, 0.1) is 0 Å². The Labute approximate surface area is 148 Å². The van der Waals surface area contributed by atoms with E-state index in [0.717, 1.165) is 31.9 Å². The van der Waals surface area contributed by atoms with Gasteiger partial charge in [0.1, 0.15) is 12.1 Å². The number of piperidine rings is 1. The number of likely N-dealkylation sites (tertiary alicyclic amines) is 1. The molecule has 7 nitrogen and oxygen atoms in total. The summed E-state index contributed by atoms with van der Waals surface area (Å²) in [6, 6.07) is 4.40. The van der Waals surface area contributed by atoms with Gasteiger partial charge in [0.2, 0.25) is 5.88 Å². The third-order valence-corrected chi connectivity index (χ3v) is 5.27. The summed E-state index contributed by atoms with van der Waals surface area (Å²) in [5.74, 6) is 1.52. The van der Waals surface area contributed by atoms with Crippen LogP contribution in [0.15, 0.2) is 24.7 Å². The highest BCUT2D eigenvalue weighted by atomic mass is 16.5. The molecule has 1 saturated heterocycles. The van der Waals surface area contributed by atoms with Crippen LogP contribution < -0.4 is 9.64 Å². The van der Waals surface area contributed by atoms with Crippen molar-refractivity contribution in [3.63, 3.8) is 0 Å². The topological polar surface area (TPSA) is 59.3 Å². The van der Waals surface area contributed by atoms with Gasteiger partial charge in [0.15, 0.2) is 0 Å². The molecule has 2 aromatic rings. The summed E-state index contributed by atoms with van der Waals surface area (Å²) < 4.78 is 7.46. The lowest BCUT2D eigenvalue weighted by Crippen LogP contribution is -2.40. The second-order valence-electron chi connectivity index (χ2n) is 6.91. The Morgan fingerprint density at radius 2 is 2.08 bits per heavy atom. The number of methoxy groups -OCH3 is 1. The molecule has 0 unspecified atom stereocenters. The lowest BCUT2D eigenvalue weighted by atomic mass is 10.1. The molecule has 0 spiro atoms. The third kappa shape index (κ3) is 3.61. The van der Waals surface area contributed by atoms with Gasteiger partial charge < -0.3 is 14.5 Å². The van der Waals surface area contributed by atoms with Gasteiger partial charge in [-0.05, 0) is 38.4 Å². The predicted molar refractivity (Wildman–Crippen MR) is 95.8 cm³/mol. The van der Waals surface area contributed by atoms with Crippen molar-refractivity contribution in [1.82, 2.24) is 24.6 Å². The van der Waals surface area contributed by atoms with Gasteiger partial charge in [-0.15, -0.1) is 0 Å². The van der Waals surface area contributed by atoms with Crippen LogP contribution in [0.3, 0.4) is 0 Å². The van der Waals surface area contributed by atoms with Crippen LogP contribution in [0.2, 0.25) is 0 Å². The van der Waals surface area contributed by atoms with Crippen LogP contribution in [-0.4, -0.2) is 57.9 Å². The minimum absolute atomic E-state index is 0.377. The Balaban J connectivity index is 1.48. The molecule has 0 radical (unpaired) electrons. The van der Waals surface area contributed by atoms with Gasteiger partial charge in [-0.2, -0.15) is 5.10 Å². The maximum absolute atomic E-state index is 5.25. The van der Waals surface area contributed by atoms with Gasteiger partial charge in [-0.25, -0.2) is 9.97 Å². The average molecular weight is 342 g/mol. The first-order chi connectivity index (χ1) is 12.3. The number of fused-ring (bicyclic) bond motifs is 1. The number of rotatable bonds is 5. The second-order valence-corrected chi connectivity index (χ2v) is 6.91. The van der Waals surface area contributed by atoms with Crippen LogP contribution >= 0.6 is 0 Å². The molecule has 0 saturated carbocycles. The molecule has 7 heteroatoms. The molecule has 0 N–H and O–H groups in total. The maximum Gasteiger partial charge on any atom is 0.218 e. The standard InChI is InChI=1S/C18H26N6O/c1-25-18-11-17(19-14-20-18)23-12-15-5-7-21-24(15)16(13-23)6-10-22-8-3-2-4-9-22/h5,7,11,14,16H,2-4,6,8-10,12-13H2,1H3/t16-/m1/s1. The highest BCUT2D eigenvalue weighted by Gasteiger charge is 2.27. The normalized spacial score (nSPS) is 21.2. The predicted octanol–water partition coefficient (Wildman–Crippen LogP) is 2.12. The van der Waals surface area contributed by atoms with Crippen molar-refractivity contribution >= 4 is 5.82 Å². The van der Waals surface area contributed by atoms with Crippen molar-refractivity contribution in [3.05, 3.63) is 30.4 Å². The van der Waals surface area contributed by atoms with Gasteiger partial charge in [0.25, 0.3) is 0 Å². The summed E-state index contributed by atoms with van der Waals surface area (Å²) in [5, 5.41) is 4.58. The largest absolute Gasteiger partial charge is 0.481 e. The smallest absolute Gasteiger partial charge is 0.218 e. The number of hydrogen-bond acceptors (Lipinski definition) is 6. The summed E-state index contributed by atoms with van der Waals surface area (Å²) >= 11 is 0. The minimum Gasteiger partial charge on any atom is -0.481 e. The van der Waals surface area contributed by atoms with Crippen molar-refractivity contribution < 1.29 is 4.74 Å². The van der Waals surface area contributed by atoms with E-state index in [2.05, 4.69) is 35.6 Å². The zero-order chi connectivity index (χ0) is 17.1. The molecule has 0 aromatic carbocycles. The number of nitrogens with zero attached hydrogens (tertiary/aromatic N) is 6. The molecule has 4 heterocycles. The lowest BCUT2D eigenvalue weighted by molar-refractivity contribution is 0.207. The zero-order valence-electron chi connectivity index (χ0n) is 14.8. The lowest BCUT2D eigenvalue weighted by Gasteiger charge is -2.36. The van der Waals surface area contributed by atoms with Crippen LogP contribution in [0.25, 0.3) is 0 Å². The Bertz CT molecular complexity index is 696. The van der Waals surface area contributed by atoms with Crippen LogP contribution in [0.5, 0.6) is 5.88 Å². The number of ether oxygens (including phenoxy) is 1. The molecule has 1 atom stereocenters. The van der Waals surface area contributed by atoms with Crippen molar-refractivity contribution in [2.75, 3.05) is 38.2 Å². The van der Waals surface area contributed by atoms with E-state index < -0.39 is 0 Å². The van der Waals surface area contributed by atoms with E-state index in [4.69, 9.17) is 4.74 Å². The maximum atomic E-state index is 5.25. The minimum atomic E-state index is 0.377. The molecule has 2 aromatic heterocycles. The summed E-state index contributed by atoms with van der Waals surface area (Å²) in [5.41, 5.74) is 1.24. The molecule has 0 aliphatic carbocycles. The third-order valence-electron chi connectivity index (χ3n) is 5.27. The molecule has 134 valence electrons. The van der Waals surface area contributed by atoms with Crippen molar-refractivity contribution in [3.8, 4) is 5.88 Å². The molecule has 2 aliphatic rings. The molecule has 1 fully saturated rings. The van der Waals surface area contributed by atoms with Crippen LogP contribution in [0.1, 0.15) is 37.4 Å². The summed E-state index contributed by atoms with van der Waals surface area (Å²) in [4.78, 5) is 13.5. The number of aromatic nitrogens is 4. The quantitative estimate of drug-likeness (QED) is 0.829. The first-order valence-electron chi connectivity index (χ1n) is 9.19. The Kier molecular flexibility index (Phi) is 4.83. The Morgan fingerprint density at radius 3 is 2.92 bits per heavy atom. The molecule has 25 heavy (non-hydrogen) atoms. The van der Waals surface area contributed by atoms with E-state index in [9.17, 15) is 0 Å². The van der Waals surface area contributed by atoms with E-state index in [1.807, 2.05) is 12.3 Å². The molecule has 2 aliphatic heterocycles. The molecule has 0 bridgehead atoms. The number of hydrogen-bond donors (Lipinski definition) is 0. The van der Waals surface area contributed by atoms with E-state index in [1.54, 1.807) is 13.4 Å². The van der Waals surface area contributed by atoms with Crippen molar-refractivity contribution in [2.45, 2.75) is 38.3 Å². The summed E-state index contributed by atoms with van der Waals surface area (Å²) in [6.07, 6.45) is 8.66. The van der Waals surface area contributed by atoms with E-state index in [0.29, 0.717) is 11.9 Å². The van der Waals surface area contributed by atoms with Gasteiger partial charge in [-0.3, -0.25) is 4.68 Å². The summed E-state index contributed by atoms with van der Waals surface area (Å²) in [6.45, 7) is 5.37. The first-order valence-corrected chi connectivity index (χ1v) is 9.19. The van der Waals surface area contributed by atoms with Gasteiger partial charge in [0, 0.05) is 25.4 Å². The number of anilines is 1. The zero-order valence-corrected chi connectivity index (χ0v) is 14.8. The second kappa shape index (κ2) is 7.39. The van der Waals surface area contributed by atoms with Crippen molar-refractivity contribution in [2.24, 2.45) is 0 Å². The molecule has 0 amide bonds. The van der Waals surface area contributed by atoms with Crippen LogP contribution in [0.4, 0.5) is 5.82 Å². The molecular formula is C18H26N6O. The Morgan fingerprint density at radius 1 is 1.20 bits per heavy atom.